The smallest absolute Gasteiger partial charge is 0.475 e. The largest absolute Gasteiger partial charge is 0.490 e. The number of aliphatic imine (C=N–C) groups is 1. The van der Waals surface area contributed by atoms with Crippen LogP contribution in [-0.4, -0.2) is 144 Å². The topological polar surface area (TPSA) is 342 Å². The molecule has 1 saturated heterocycles. The number of nitrogens with one attached hydrogen (secondary N) is 4. The number of carbonyl (C=O) groups is 8. The number of aliphatic carboxylic acids is 3. The maximum atomic E-state index is 13.8. The highest BCUT2D eigenvalue weighted by Gasteiger charge is 2.40. The highest BCUT2D eigenvalue weighted by atomic mass is 19.4. The first kappa shape index (κ1) is 62.9. The third kappa shape index (κ3) is 23.7. The molecule has 0 aliphatic carbocycles. The molecule has 0 spiro atoms. The first-order valence-corrected chi connectivity index (χ1v) is 21.5. The van der Waals surface area contributed by atoms with E-state index in [1.807, 2.05) is 24.3 Å². The number of rotatable bonds is 17. The van der Waals surface area contributed by atoms with Crippen molar-refractivity contribution in [3.63, 3.8) is 0 Å². The molecule has 13 N–H and O–H groups in total. The van der Waals surface area contributed by atoms with Crippen LogP contribution in [0.5, 0.6) is 0 Å². The Hall–Kier alpha value is -7.08. The summed E-state index contributed by atoms with van der Waals surface area (Å²) in [6.07, 6.45) is -9.84. The van der Waals surface area contributed by atoms with Gasteiger partial charge in [-0.25, -0.2) is 14.4 Å². The summed E-state index contributed by atoms with van der Waals surface area (Å²) in [4.78, 5) is 98.9. The molecule has 72 heavy (non-hydrogen) atoms. The maximum absolute atomic E-state index is 13.8. The Balaban J connectivity index is 0.00000103. The van der Waals surface area contributed by atoms with Gasteiger partial charge in [0.2, 0.25) is 23.6 Å². The van der Waals surface area contributed by atoms with Gasteiger partial charge in [-0.3, -0.25) is 44.1 Å². The molecule has 21 nitrogen and oxygen atoms in total. The van der Waals surface area contributed by atoms with Gasteiger partial charge in [-0.1, -0.05) is 24.3 Å². The summed E-state index contributed by atoms with van der Waals surface area (Å²) in [6, 6.07) is 13.0. The maximum Gasteiger partial charge on any atom is 0.490 e. The number of amides is 5. The third-order valence-corrected chi connectivity index (χ3v) is 9.90. The van der Waals surface area contributed by atoms with Crippen molar-refractivity contribution in [3.05, 3.63) is 54.1 Å². The van der Waals surface area contributed by atoms with E-state index in [1.165, 1.54) is 6.92 Å². The fourth-order valence-electron chi connectivity index (χ4n) is 6.55. The van der Waals surface area contributed by atoms with Gasteiger partial charge in [-0.05, 0) is 108 Å². The van der Waals surface area contributed by atoms with E-state index in [0.29, 0.717) is 73.9 Å². The molecule has 2 aromatic carbocycles. The van der Waals surface area contributed by atoms with Crippen molar-refractivity contribution < 1.29 is 93.2 Å². The second kappa shape index (κ2) is 29.9. The van der Waals surface area contributed by atoms with Crippen LogP contribution >= 0.6 is 0 Å². The molecule has 0 saturated carbocycles. The van der Waals surface area contributed by atoms with Crippen LogP contribution in [0.1, 0.15) is 68.6 Å². The summed E-state index contributed by atoms with van der Waals surface area (Å²) in [5.41, 5.74) is 18.7. The number of alkyl halides is 9. The van der Waals surface area contributed by atoms with Gasteiger partial charge in [-0.2, -0.15) is 39.5 Å². The molecule has 4 rings (SSSR count). The summed E-state index contributed by atoms with van der Waals surface area (Å²) in [6.45, 7) is 4.36. The van der Waals surface area contributed by atoms with Crippen molar-refractivity contribution in [1.29, 1.82) is 0 Å². The summed E-state index contributed by atoms with van der Waals surface area (Å²) in [7, 11) is 0. The van der Waals surface area contributed by atoms with Gasteiger partial charge in [0, 0.05) is 13.5 Å². The number of likely N-dealkylation sites (tertiary alicyclic amines) is 1. The van der Waals surface area contributed by atoms with Crippen molar-refractivity contribution in [2.45, 2.75) is 88.9 Å². The van der Waals surface area contributed by atoms with Crippen molar-refractivity contribution in [3.8, 4) is 0 Å². The lowest BCUT2D eigenvalue weighted by atomic mass is 9.92. The highest BCUT2D eigenvalue weighted by molar-refractivity contribution is 6.18. The van der Waals surface area contributed by atoms with Gasteiger partial charge >= 0.3 is 36.4 Å². The average molecular weight is 1050 g/mol. The third-order valence-electron chi connectivity index (χ3n) is 9.90. The number of carbonyl (C=O) groups excluding carboxylic acids is 5. The van der Waals surface area contributed by atoms with E-state index in [9.17, 15) is 63.5 Å². The summed E-state index contributed by atoms with van der Waals surface area (Å²) < 4.78 is 95.2. The second-order valence-electron chi connectivity index (χ2n) is 15.5. The number of guanidine groups is 1. The summed E-state index contributed by atoms with van der Waals surface area (Å²) >= 11 is 0. The Morgan fingerprint density at radius 2 is 1.24 bits per heavy atom. The molecule has 2 aliphatic rings. The fourth-order valence-corrected chi connectivity index (χ4v) is 6.55. The van der Waals surface area contributed by atoms with Crippen LogP contribution in [0.15, 0.2) is 53.5 Å². The van der Waals surface area contributed by atoms with Crippen LogP contribution in [0.4, 0.5) is 56.6 Å². The fraction of sp³-hybridized carbons (Fsp3) is 0.500. The molecule has 2 atom stereocenters. The molecule has 0 aromatic heterocycles. The van der Waals surface area contributed by atoms with Crippen molar-refractivity contribution in [2.75, 3.05) is 49.5 Å². The van der Waals surface area contributed by atoms with Gasteiger partial charge in [0.25, 0.3) is 5.91 Å². The minimum Gasteiger partial charge on any atom is -0.475 e. The number of nitrogens with two attached hydrogens (primary N) is 3. The monoisotopic (exact) mass is 1050 g/mol. The molecule has 2 heterocycles. The number of imide groups is 1. The normalized spacial score (nSPS) is 14.4. The number of halogens is 9. The lowest BCUT2D eigenvalue weighted by molar-refractivity contribution is -0.193. The standard InChI is InChI=1S/C36H52N10O5.3C2HF3O2/c1-24(47)42-29(12-6-18-37)35(51)44-34(50)28(13-8-20-41-36(38)39)40-19-7-9-25-16-21-45(22-17-25)23-32(48)46-30-14-4-2-10-26(30)33(49)43-27-11-3-5-15-31(27)46;3*3-2(4,5)1(6)7/h2-5,10-11,14-15,25,28-29,40H,6-9,12-13,16-23,37H2,1H3,(H,42,47)(H,43,49)(H4,38,39,41)(H,44,50,51);3*(H,6,7)/t28-,29-;;;/m0.../s1. The van der Waals surface area contributed by atoms with Gasteiger partial charge in [-0.15, -0.1) is 0 Å². The summed E-state index contributed by atoms with van der Waals surface area (Å²) in [5, 5.41) is 32.7. The van der Waals surface area contributed by atoms with Crippen molar-refractivity contribution >= 4 is 70.5 Å². The van der Waals surface area contributed by atoms with Crippen LogP contribution in [-0.2, 0) is 33.6 Å². The Morgan fingerprint density at radius 1 is 0.750 bits per heavy atom. The molecule has 0 radical (unpaired) electrons. The Morgan fingerprint density at radius 3 is 1.74 bits per heavy atom. The number of fused-ring (bicyclic) bond motifs is 2. The van der Waals surface area contributed by atoms with Crippen LogP contribution in [0.2, 0.25) is 0 Å². The predicted octanol–water partition coefficient (Wildman–Crippen LogP) is 3.21. The number of carboxylic acid groups (broad SMARTS) is 3. The minimum absolute atomic E-state index is 0.0287. The molecule has 30 heteroatoms. The molecular formula is C42H55F9N10O11. The molecule has 2 aliphatic heterocycles. The lowest BCUT2D eigenvalue weighted by Gasteiger charge is -2.33. The quantitative estimate of drug-likeness (QED) is 0.0471. The first-order chi connectivity index (χ1) is 33.4. The van der Waals surface area contributed by atoms with Gasteiger partial charge < -0.3 is 48.5 Å². The van der Waals surface area contributed by atoms with Gasteiger partial charge in [0.1, 0.15) is 6.04 Å². The molecular weight excluding hydrogens is 992 g/mol. The SMILES string of the molecule is CC(=O)N[C@@H](CCCN)C(=O)NC(=O)[C@H](CCCN=C(N)N)NCCCC1CCN(CC(=O)N2c3ccccc3NC(=O)c3ccccc32)CC1.O=C(O)C(F)(F)F.O=C(O)C(F)(F)F.O=C(O)C(F)(F)F. The number of anilines is 3. The van der Waals surface area contributed by atoms with E-state index in [4.69, 9.17) is 46.9 Å². The molecule has 402 valence electrons. The van der Waals surface area contributed by atoms with E-state index in [2.05, 4.69) is 31.2 Å². The van der Waals surface area contributed by atoms with E-state index in [-0.39, 0.29) is 30.2 Å². The number of hydrogen-bond acceptors (Lipinski definition) is 12. The van der Waals surface area contributed by atoms with E-state index < -0.39 is 60.3 Å². The Labute approximate surface area is 404 Å². The Kier molecular flexibility index (Phi) is 26.2. The Bertz CT molecular complexity index is 2130. The zero-order valence-corrected chi connectivity index (χ0v) is 38.3. The summed E-state index contributed by atoms with van der Waals surface area (Å²) in [5.74, 6) is -9.58. The molecule has 5 amide bonds. The molecule has 1 fully saturated rings. The number of piperidine rings is 1. The first-order valence-electron chi connectivity index (χ1n) is 21.5. The van der Waals surface area contributed by atoms with Crippen molar-refractivity contribution in [1.82, 2.24) is 20.9 Å². The molecule has 0 unspecified atom stereocenters. The second-order valence-corrected chi connectivity index (χ2v) is 15.5. The van der Waals surface area contributed by atoms with E-state index in [1.54, 1.807) is 29.2 Å². The van der Waals surface area contributed by atoms with Gasteiger partial charge in [0.15, 0.2) is 5.96 Å². The van der Waals surface area contributed by atoms with Crippen LogP contribution < -0.4 is 43.4 Å². The minimum atomic E-state index is -5.08. The number of nitrogens with zero attached hydrogens (tertiary/aromatic N) is 3. The molecule has 0 bridgehead atoms. The van der Waals surface area contributed by atoms with Gasteiger partial charge in [0.05, 0.1) is 35.2 Å². The highest BCUT2D eigenvalue weighted by Crippen LogP contribution is 2.38. The zero-order valence-electron chi connectivity index (χ0n) is 38.3. The van der Waals surface area contributed by atoms with E-state index in [0.717, 1.165) is 38.8 Å². The number of benzene rings is 2. The zero-order chi connectivity index (χ0) is 55.0. The molecule has 2 aromatic rings. The number of para-hydroxylation sites is 3. The van der Waals surface area contributed by atoms with Crippen molar-refractivity contribution in [2.24, 2.45) is 28.1 Å². The van der Waals surface area contributed by atoms with Crippen LogP contribution in [0.3, 0.4) is 0 Å². The number of carboxylic acids is 3. The number of hydrogen-bond donors (Lipinski definition) is 10. The average Bonchev–Trinajstić information content (AvgIpc) is 3.40. The van der Waals surface area contributed by atoms with E-state index >= 15 is 0 Å². The van der Waals surface area contributed by atoms with Crippen LogP contribution in [0, 0.1) is 5.92 Å². The lowest BCUT2D eigenvalue weighted by Crippen LogP contribution is -2.53. The predicted molar refractivity (Wildman–Crippen MR) is 238 cm³/mol. The van der Waals surface area contributed by atoms with Crippen LogP contribution in [0.25, 0.3) is 0 Å².